The molecule has 0 aromatic carbocycles. The minimum Gasteiger partial charge on any atom is -0.462 e. The van der Waals surface area contributed by atoms with Gasteiger partial charge in [0.05, 0.1) is 25.2 Å². The Bertz CT molecular complexity index is 1070. The largest absolute Gasteiger partial charge is 0.462 e. The highest BCUT2D eigenvalue weighted by atomic mass is 16.5. The second-order valence-corrected chi connectivity index (χ2v) is 19.7. The number of carbonyl (C=O) groups excluding carboxylic acids is 2. The lowest BCUT2D eigenvalue weighted by Crippen LogP contribution is -2.46. The van der Waals surface area contributed by atoms with Gasteiger partial charge in [-0.15, -0.1) is 0 Å². The van der Waals surface area contributed by atoms with Crippen molar-refractivity contribution in [2.75, 3.05) is 6.61 Å². The smallest absolute Gasteiger partial charge is 0.306 e. The van der Waals surface area contributed by atoms with Crippen LogP contribution in [0.3, 0.4) is 0 Å². The molecule has 0 bridgehead atoms. The summed E-state index contributed by atoms with van der Waals surface area (Å²) in [5.74, 6) is -0.478. The maximum absolute atomic E-state index is 13.2. The number of hydrogen-bond donors (Lipinski definition) is 3. The summed E-state index contributed by atoms with van der Waals surface area (Å²) in [7, 11) is 0. The highest BCUT2D eigenvalue weighted by Gasteiger charge is 2.24. The first-order chi connectivity index (χ1) is 32.0. The van der Waals surface area contributed by atoms with Gasteiger partial charge in [-0.2, -0.15) is 0 Å². The molecule has 3 atom stereocenters. The van der Waals surface area contributed by atoms with Gasteiger partial charge in [0.15, 0.2) is 0 Å². The molecule has 0 aliphatic heterocycles. The number of hydrogen-bond acceptors (Lipinski definition) is 5. The van der Waals surface area contributed by atoms with Gasteiger partial charge >= 0.3 is 5.97 Å². The number of ether oxygens (including phenoxy) is 1. The summed E-state index contributed by atoms with van der Waals surface area (Å²) in [5, 5.41) is 23.9. The number of aliphatic hydroxyl groups is 2. The van der Waals surface area contributed by atoms with E-state index in [9.17, 15) is 19.8 Å². The Labute approximate surface area is 404 Å². The summed E-state index contributed by atoms with van der Waals surface area (Å²) in [6, 6.07) is -0.705. The third-order valence-corrected chi connectivity index (χ3v) is 13.2. The molecule has 0 aromatic heterocycles. The Kier molecular flexibility index (Phi) is 51.5. The second kappa shape index (κ2) is 53.0. The molecule has 1 amide bonds. The number of aliphatic hydroxyl groups excluding tert-OH is 2. The van der Waals surface area contributed by atoms with Crippen LogP contribution in [0.4, 0.5) is 0 Å². The first-order valence-corrected chi connectivity index (χ1v) is 28.7. The van der Waals surface area contributed by atoms with Crippen LogP contribution in [-0.4, -0.2) is 46.9 Å². The van der Waals surface area contributed by atoms with E-state index in [1.165, 1.54) is 186 Å². The van der Waals surface area contributed by atoms with E-state index in [1.54, 1.807) is 0 Å². The number of rotatable bonds is 52. The van der Waals surface area contributed by atoms with Gasteiger partial charge in [-0.25, -0.2) is 0 Å². The van der Waals surface area contributed by atoms with Gasteiger partial charge in [-0.05, 0) is 77.0 Å². The fourth-order valence-corrected chi connectivity index (χ4v) is 8.88. The zero-order chi connectivity index (χ0) is 47.4. The Balaban J connectivity index is 4.47. The van der Waals surface area contributed by atoms with E-state index >= 15 is 0 Å². The summed E-state index contributed by atoms with van der Waals surface area (Å²) in [6.07, 6.45) is 63.6. The molecule has 0 fully saturated rings. The monoisotopic (exact) mass is 914 g/mol. The zero-order valence-electron chi connectivity index (χ0n) is 43.6. The zero-order valence-corrected chi connectivity index (χ0v) is 43.6. The van der Waals surface area contributed by atoms with Crippen LogP contribution in [0.5, 0.6) is 0 Å². The van der Waals surface area contributed by atoms with Crippen LogP contribution < -0.4 is 5.32 Å². The van der Waals surface area contributed by atoms with Crippen molar-refractivity contribution in [1.29, 1.82) is 0 Å². The molecule has 0 aliphatic carbocycles. The van der Waals surface area contributed by atoms with Gasteiger partial charge < -0.3 is 20.3 Å². The maximum atomic E-state index is 13.2. The second-order valence-electron chi connectivity index (χ2n) is 19.7. The fraction of sp³-hybridized carbons (Fsp3) is 0.864. The summed E-state index contributed by atoms with van der Waals surface area (Å²) < 4.78 is 5.95. The van der Waals surface area contributed by atoms with Crippen LogP contribution >= 0.6 is 0 Å². The van der Waals surface area contributed by atoms with Gasteiger partial charge in [0.25, 0.3) is 0 Å². The van der Waals surface area contributed by atoms with E-state index in [2.05, 4.69) is 62.5 Å². The fourth-order valence-electron chi connectivity index (χ4n) is 8.88. The maximum Gasteiger partial charge on any atom is 0.306 e. The number of amides is 1. The Morgan fingerprint density at radius 2 is 0.831 bits per heavy atom. The van der Waals surface area contributed by atoms with E-state index < -0.39 is 18.2 Å². The average molecular weight is 915 g/mol. The van der Waals surface area contributed by atoms with Crippen LogP contribution in [0.2, 0.25) is 0 Å². The normalized spacial score (nSPS) is 13.4. The SMILES string of the molecule is CC/C=C/C/C=C/CCCCCCCC(CC(=O)NC(CO)C(O)CCCCCCCCCCCCCCCCC)OC(=O)CCCCCCCCCCC/C=C/CCCCCCCC. The Morgan fingerprint density at radius 1 is 0.462 bits per heavy atom. The van der Waals surface area contributed by atoms with E-state index in [0.29, 0.717) is 19.3 Å². The van der Waals surface area contributed by atoms with Crippen LogP contribution in [0, 0.1) is 0 Å². The molecule has 0 aliphatic rings. The highest BCUT2D eigenvalue weighted by Crippen LogP contribution is 2.18. The predicted octanol–water partition coefficient (Wildman–Crippen LogP) is 17.6. The molecule has 6 nitrogen and oxygen atoms in total. The molecule has 0 spiro atoms. The van der Waals surface area contributed by atoms with Crippen LogP contribution in [0.15, 0.2) is 36.5 Å². The van der Waals surface area contributed by atoms with Crippen molar-refractivity contribution in [1.82, 2.24) is 5.32 Å². The molecule has 0 radical (unpaired) electrons. The molecule has 65 heavy (non-hydrogen) atoms. The summed E-state index contributed by atoms with van der Waals surface area (Å²) in [6.45, 7) is 6.40. The summed E-state index contributed by atoms with van der Waals surface area (Å²) in [4.78, 5) is 26.2. The Hall–Kier alpha value is -1.92. The van der Waals surface area contributed by atoms with Gasteiger partial charge in [-0.1, -0.05) is 250 Å². The molecule has 0 rings (SSSR count). The number of nitrogens with one attached hydrogen (secondary N) is 1. The van der Waals surface area contributed by atoms with Gasteiger partial charge in [0.1, 0.15) is 6.10 Å². The van der Waals surface area contributed by atoms with Crippen molar-refractivity contribution >= 4 is 11.9 Å². The highest BCUT2D eigenvalue weighted by molar-refractivity contribution is 5.77. The molecule has 382 valence electrons. The minimum atomic E-state index is -0.790. The van der Waals surface area contributed by atoms with E-state index in [1.807, 2.05) is 0 Å². The van der Waals surface area contributed by atoms with Crippen molar-refractivity contribution in [3.8, 4) is 0 Å². The van der Waals surface area contributed by atoms with E-state index in [0.717, 1.165) is 70.6 Å². The standard InChI is InChI=1S/C59H111NO5/c1-4-7-10-13-16-19-22-25-27-28-29-30-32-34-37-40-43-46-49-52-59(64)65-55(50-47-44-41-38-35-24-21-18-15-12-9-6-3)53-58(63)60-56(54-61)57(62)51-48-45-42-39-36-33-31-26-23-20-17-14-11-8-5-2/h9,12,18,21,25,27,55-57,61-62H,4-8,10-11,13-17,19-20,22-24,26,28-54H2,1-3H3,(H,60,63)/b12-9+,21-18+,27-25+. The Morgan fingerprint density at radius 3 is 1.26 bits per heavy atom. The third-order valence-electron chi connectivity index (χ3n) is 13.2. The first kappa shape index (κ1) is 63.1. The molecule has 0 aromatic rings. The van der Waals surface area contributed by atoms with Crippen LogP contribution in [0.25, 0.3) is 0 Å². The average Bonchev–Trinajstić information content (AvgIpc) is 3.30. The van der Waals surface area contributed by atoms with Gasteiger partial charge in [0.2, 0.25) is 5.91 Å². The van der Waals surface area contributed by atoms with E-state index in [-0.39, 0.29) is 24.9 Å². The molecule has 0 heterocycles. The van der Waals surface area contributed by atoms with Crippen molar-refractivity contribution in [2.24, 2.45) is 0 Å². The molecule has 3 N–H and O–H groups in total. The van der Waals surface area contributed by atoms with Crippen molar-refractivity contribution in [3.63, 3.8) is 0 Å². The first-order valence-electron chi connectivity index (χ1n) is 28.7. The quantitative estimate of drug-likeness (QED) is 0.0321. The predicted molar refractivity (Wildman–Crippen MR) is 282 cm³/mol. The van der Waals surface area contributed by atoms with Gasteiger partial charge in [-0.3, -0.25) is 9.59 Å². The lowest BCUT2D eigenvalue weighted by molar-refractivity contribution is -0.151. The molecule has 0 saturated heterocycles. The topological polar surface area (TPSA) is 95.9 Å². The minimum absolute atomic E-state index is 0.0701. The molecule has 0 saturated carbocycles. The number of allylic oxidation sites excluding steroid dienone is 6. The number of esters is 1. The summed E-state index contributed by atoms with van der Waals surface area (Å²) >= 11 is 0. The van der Waals surface area contributed by atoms with Gasteiger partial charge in [0, 0.05) is 6.42 Å². The lowest BCUT2D eigenvalue weighted by atomic mass is 10.0. The van der Waals surface area contributed by atoms with Crippen molar-refractivity contribution in [2.45, 2.75) is 322 Å². The van der Waals surface area contributed by atoms with Crippen molar-refractivity contribution in [3.05, 3.63) is 36.5 Å². The lowest BCUT2D eigenvalue weighted by Gasteiger charge is -2.24. The molecular weight excluding hydrogens is 803 g/mol. The van der Waals surface area contributed by atoms with Crippen molar-refractivity contribution < 1.29 is 24.5 Å². The summed E-state index contributed by atoms with van der Waals surface area (Å²) in [5.41, 5.74) is 0. The molecule has 6 heteroatoms. The number of carbonyl (C=O) groups is 2. The third kappa shape index (κ3) is 48.3. The van der Waals surface area contributed by atoms with E-state index in [4.69, 9.17) is 4.74 Å². The molecular formula is C59H111NO5. The molecule has 3 unspecified atom stereocenters. The van der Waals surface area contributed by atoms with Crippen LogP contribution in [0.1, 0.15) is 303 Å². The number of unbranched alkanes of at least 4 members (excludes halogenated alkanes) is 34. The van der Waals surface area contributed by atoms with Crippen LogP contribution in [-0.2, 0) is 14.3 Å².